The minimum absolute atomic E-state index is 0.0146. The maximum absolute atomic E-state index is 13.0. The molecule has 2 aromatic rings. The molecule has 154 valence electrons. The van der Waals surface area contributed by atoms with Crippen LogP contribution >= 0.6 is 22.9 Å². The van der Waals surface area contributed by atoms with Gasteiger partial charge in [0.05, 0.1) is 22.9 Å². The summed E-state index contributed by atoms with van der Waals surface area (Å²) in [6, 6.07) is -1.09. The zero-order valence-electron chi connectivity index (χ0n) is 15.8. The number of carbonyl (C=O) groups is 2. The number of carbonyl (C=O) groups excluding carboxylic acids is 2. The number of nitrogens with zero attached hydrogens (tertiary/aromatic N) is 2. The fourth-order valence-corrected chi connectivity index (χ4v) is 3.83. The molecule has 1 amide bonds. The first-order valence-electron chi connectivity index (χ1n) is 8.29. The summed E-state index contributed by atoms with van der Waals surface area (Å²) < 4.78 is 44.9. The Balaban J connectivity index is 2.34. The smallest absolute Gasteiger partial charge is 0.436 e. The molecule has 0 saturated heterocycles. The molecule has 1 atom stereocenters. The van der Waals surface area contributed by atoms with E-state index in [1.54, 1.807) is 20.8 Å². The summed E-state index contributed by atoms with van der Waals surface area (Å²) in [7, 11) is 0. The lowest BCUT2D eigenvalue weighted by atomic mass is 10.1. The molecule has 0 aliphatic heterocycles. The second-order valence-corrected chi connectivity index (χ2v) is 7.67. The average molecular weight is 438 g/mol. The summed E-state index contributed by atoms with van der Waals surface area (Å²) >= 11 is 6.92. The van der Waals surface area contributed by atoms with Gasteiger partial charge in [0.25, 0.3) is 0 Å². The minimum atomic E-state index is -4.73. The standard InChI is InChI=1S/C17H19ClF3N3O3S/c1-6-27-16(26)11-7(2)10(5)28-15(11)22-14(25)9(4)24-8(3)12(18)13(23-24)17(19,20)21/h9H,6H2,1-5H3,(H,22,25). The Bertz CT molecular complexity index is 921. The lowest BCUT2D eigenvalue weighted by Crippen LogP contribution is -2.26. The molecule has 1 unspecified atom stereocenters. The van der Waals surface area contributed by atoms with Gasteiger partial charge in [-0.15, -0.1) is 11.3 Å². The van der Waals surface area contributed by atoms with Crippen LogP contribution in [-0.4, -0.2) is 28.3 Å². The Kier molecular flexibility index (Phi) is 6.44. The number of esters is 1. The van der Waals surface area contributed by atoms with Crippen molar-refractivity contribution in [3.63, 3.8) is 0 Å². The molecule has 1 N–H and O–H groups in total. The summed E-state index contributed by atoms with van der Waals surface area (Å²) in [6.07, 6.45) is -4.73. The lowest BCUT2D eigenvalue weighted by Gasteiger charge is -2.14. The quantitative estimate of drug-likeness (QED) is 0.674. The fourth-order valence-electron chi connectivity index (χ4n) is 2.55. The number of hydrogen-bond donors (Lipinski definition) is 1. The van der Waals surface area contributed by atoms with Crippen LogP contribution in [0.1, 0.15) is 52.1 Å². The van der Waals surface area contributed by atoms with E-state index < -0.39 is 34.8 Å². The number of alkyl halides is 3. The van der Waals surface area contributed by atoms with E-state index in [9.17, 15) is 22.8 Å². The third kappa shape index (κ3) is 4.17. The van der Waals surface area contributed by atoms with Crippen LogP contribution in [0.5, 0.6) is 0 Å². The number of hydrogen-bond acceptors (Lipinski definition) is 5. The molecule has 2 aromatic heterocycles. The maximum atomic E-state index is 13.0. The molecule has 0 aliphatic carbocycles. The van der Waals surface area contributed by atoms with E-state index >= 15 is 0 Å². The van der Waals surface area contributed by atoms with Crippen molar-refractivity contribution < 1.29 is 27.5 Å². The molecule has 11 heteroatoms. The van der Waals surface area contributed by atoms with Crippen LogP contribution < -0.4 is 5.32 Å². The summed E-state index contributed by atoms with van der Waals surface area (Å²) in [5.41, 5.74) is -0.331. The molecule has 0 saturated carbocycles. The highest BCUT2D eigenvalue weighted by atomic mass is 35.5. The number of aromatic nitrogens is 2. The summed E-state index contributed by atoms with van der Waals surface area (Å²) in [5, 5.41) is 5.78. The van der Waals surface area contributed by atoms with Crippen LogP contribution in [0.25, 0.3) is 0 Å². The van der Waals surface area contributed by atoms with Gasteiger partial charge < -0.3 is 10.1 Å². The van der Waals surface area contributed by atoms with Crippen LogP contribution in [0, 0.1) is 20.8 Å². The summed E-state index contributed by atoms with van der Waals surface area (Å²) in [4.78, 5) is 25.7. The molecule has 0 spiro atoms. The van der Waals surface area contributed by atoms with Crippen LogP contribution in [0.2, 0.25) is 5.02 Å². The Morgan fingerprint density at radius 2 is 1.93 bits per heavy atom. The maximum Gasteiger partial charge on any atom is 0.436 e. The van der Waals surface area contributed by atoms with E-state index in [0.717, 1.165) is 9.56 Å². The van der Waals surface area contributed by atoms with E-state index in [1.807, 2.05) is 0 Å². The number of ether oxygens (including phenoxy) is 1. The van der Waals surface area contributed by atoms with Gasteiger partial charge >= 0.3 is 12.1 Å². The number of amides is 1. The molecule has 0 fully saturated rings. The van der Waals surface area contributed by atoms with Crippen molar-refractivity contribution in [1.29, 1.82) is 0 Å². The van der Waals surface area contributed by atoms with Crippen molar-refractivity contribution in [3.8, 4) is 0 Å². The highest BCUT2D eigenvalue weighted by molar-refractivity contribution is 7.16. The van der Waals surface area contributed by atoms with Crippen molar-refractivity contribution in [2.24, 2.45) is 0 Å². The summed E-state index contributed by atoms with van der Waals surface area (Å²) in [6.45, 7) is 8.08. The molecule has 2 rings (SSSR count). The van der Waals surface area contributed by atoms with Crippen molar-refractivity contribution in [2.75, 3.05) is 11.9 Å². The van der Waals surface area contributed by atoms with Gasteiger partial charge in [0.2, 0.25) is 5.91 Å². The average Bonchev–Trinajstić information content (AvgIpc) is 3.04. The SMILES string of the molecule is CCOC(=O)c1c(NC(=O)C(C)n2nc(C(F)(F)F)c(Cl)c2C)sc(C)c1C. The monoisotopic (exact) mass is 437 g/mol. The van der Waals surface area contributed by atoms with Gasteiger partial charge in [0.1, 0.15) is 11.0 Å². The molecule has 2 heterocycles. The van der Waals surface area contributed by atoms with Gasteiger partial charge in [0.15, 0.2) is 5.69 Å². The van der Waals surface area contributed by atoms with Crippen molar-refractivity contribution in [2.45, 2.75) is 46.8 Å². The number of anilines is 1. The van der Waals surface area contributed by atoms with Crippen molar-refractivity contribution in [1.82, 2.24) is 9.78 Å². The van der Waals surface area contributed by atoms with Crippen LogP contribution in [0.3, 0.4) is 0 Å². The molecule has 28 heavy (non-hydrogen) atoms. The van der Waals surface area contributed by atoms with Gasteiger partial charge in [-0.25, -0.2) is 4.79 Å². The predicted octanol–water partition coefficient (Wildman–Crippen LogP) is 4.92. The van der Waals surface area contributed by atoms with E-state index in [0.29, 0.717) is 5.56 Å². The third-order valence-corrected chi connectivity index (χ3v) is 5.77. The zero-order valence-corrected chi connectivity index (χ0v) is 17.4. The number of aryl methyl sites for hydroxylation is 1. The molecule has 0 bridgehead atoms. The van der Waals surface area contributed by atoms with Crippen LogP contribution in [0.4, 0.5) is 18.2 Å². The highest BCUT2D eigenvalue weighted by Crippen LogP contribution is 2.37. The second kappa shape index (κ2) is 8.12. The molecular weight excluding hydrogens is 419 g/mol. The van der Waals surface area contributed by atoms with Crippen molar-refractivity contribution >= 4 is 39.8 Å². The van der Waals surface area contributed by atoms with E-state index in [-0.39, 0.29) is 22.9 Å². The number of halogens is 4. The van der Waals surface area contributed by atoms with E-state index in [2.05, 4.69) is 10.4 Å². The second-order valence-electron chi connectivity index (χ2n) is 6.06. The topological polar surface area (TPSA) is 73.2 Å². The summed E-state index contributed by atoms with van der Waals surface area (Å²) in [5.74, 6) is -1.22. The molecule has 0 aromatic carbocycles. The van der Waals surface area contributed by atoms with E-state index in [1.165, 1.54) is 25.2 Å². The fraction of sp³-hybridized carbons (Fsp3) is 0.471. The molecule has 6 nitrogen and oxygen atoms in total. The van der Waals surface area contributed by atoms with Gasteiger partial charge in [-0.05, 0) is 40.2 Å². The molecule has 0 aliphatic rings. The molecule has 0 radical (unpaired) electrons. The first kappa shape index (κ1) is 22.2. The van der Waals surface area contributed by atoms with Gasteiger partial charge in [0, 0.05) is 4.88 Å². The normalized spacial score (nSPS) is 12.8. The van der Waals surface area contributed by atoms with Gasteiger partial charge in [-0.3, -0.25) is 9.48 Å². The number of nitrogens with one attached hydrogen (secondary N) is 1. The largest absolute Gasteiger partial charge is 0.462 e. The number of thiophene rings is 1. The highest BCUT2D eigenvalue weighted by Gasteiger charge is 2.39. The van der Waals surface area contributed by atoms with Crippen molar-refractivity contribution in [3.05, 3.63) is 32.4 Å². The predicted molar refractivity (Wildman–Crippen MR) is 100 cm³/mol. The molecular formula is C17H19ClF3N3O3S. The number of rotatable bonds is 5. The Morgan fingerprint density at radius 1 is 1.32 bits per heavy atom. The third-order valence-electron chi connectivity index (χ3n) is 4.19. The van der Waals surface area contributed by atoms with Crippen LogP contribution in [-0.2, 0) is 15.7 Å². The van der Waals surface area contributed by atoms with E-state index in [4.69, 9.17) is 16.3 Å². The van der Waals surface area contributed by atoms with Crippen LogP contribution in [0.15, 0.2) is 0 Å². The Morgan fingerprint density at radius 3 is 2.43 bits per heavy atom. The van der Waals surface area contributed by atoms with Gasteiger partial charge in [-0.1, -0.05) is 11.6 Å². The minimum Gasteiger partial charge on any atom is -0.462 e. The Labute approximate surface area is 168 Å². The lowest BCUT2D eigenvalue weighted by molar-refractivity contribution is -0.141. The van der Waals surface area contributed by atoms with Gasteiger partial charge in [-0.2, -0.15) is 18.3 Å². The first-order chi connectivity index (χ1) is 12.9. The Hall–Kier alpha value is -2.07. The zero-order chi connectivity index (χ0) is 21.4. The first-order valence-corrected chi connectivity index (χ1v) is 9.49.